The average molecular weight is 767 g/mol. The largest absolute Gasteiger partial charge is 0.0654 e. The third-order valence-electron chi connectivity index (χ3n) is 8.75. The zero-order valence-corrected chi connectivity index (χ0v) is 30.1. The molecule has 0 unspecified atom stereocenters. The molecule has 0 saturated heterocycles. The van der Waals surface area contributed by atoms with Gasteiger partial charge in [0.15, 0.2) is 0 Å². The van der Waals surface area contributed by atoms with Crippen molar-refractivity contribution >= 4 is 66.7 Å². The Morgan fingerprint density at radius 2 is 0.625 bits per heavy atom. The quantitative estimate of drug-likeness (QED) is 0.0543. The lowest BCUT2D eigenvalue weighted by Crippen LogP contribution is -1.97. The lowest BCUT2D eigenvalue weighted by Gasteiger charge is -2.14. The zero-order chi connectivity index (χ0) is 28.4. The van der Waals surface area contributed by atoms with Crippen LogP contribution in [0.3, 0.4) is 0 Å². The van der Waals surface area contributed by atoms with Crippen molar-refractivity contribution in [3.63, 3.8) is 0 Å². The molecule has 40 heavy (non-hydrogen) atoms. The van der Waals surface area contributed by atoms with Crippen molar-refractivity contribution in [1.29, 1.82) is 0 Å². The van der Waals surface area contributed by atoms with Crippen LogP contribution in [-0.2, 0) is 12.8 Å². The second-order valence-electron chi connectivity index (χ2n) is 12.3. The molecular formula is C38H56I2. The summed E-state index contributed by atoms with van der Waals surface area (Å²) < 4.78 is 2.71. The Morgan fingerprint density at radius 1 is 0.350 bits per heavy atom. The van der Waals surface area contributed by atoms with Crippen LogP contribution in [0.2, 0.25) is 0 Å². The molecule has 222 valence electrons. The van der Waals surface area contributed by atoms with E-state index >= 15 is 0 Å². The smallest absolute Gasteiger partial charge is 0.0270 e. The number of hydrogen-bond donors (Lipinski definition) is 0. The second kappa shape index (κ2) is 20.5. The highest BCUT2D eigenvalue weighted by atomic mass is 127. The fourth-order valence-electron chi connectivity index (χ4n) is 6.21. The molecular weight excluding hydrogens is 710 g/mol. The van der Waals surface area contributed by atoms with Crippen LogP contribution in [0.1, 0.15) is 153 Å². The molecule has 0 atom stereocenters. The lowest BCUT2D eigenvalue weighted by molar-refractivity contribution is 0.553. The maximum atomic E-state index is 2.55. The van der Waals surface area contributed by atoms with Crippen molar-refractivity contribution in [2.75, 3.05) is 0 Å². The fourth-order valence-corrected chi connectivity index (χ4v) is 7.19. The third-order valence-corrected chi connectivity index (χ3v) is 11.6. The van der Waals surface area contributed by atoms with Crippen LogP contribution in [-0.4, -0.2) is 0 Å². The normalized spacial score (nSPS) is 11.7. The van der Waals surface area contributed by atoms with Gasteiger partial charge < -0.3 is 0 Å². The molecule has 0 N–H and O–H groups in total. The Hall–Kier alpha value is -0.360. The van der Waals surface area contributed by atoms with E-state index in [4.69, 9.17) is 0 Å². The van der Waals surface area contributed by atoms with Gasteiger partial charge in [0.25, 0.3) is 0 Å². The molecule has 0 spiro atoms. The van der Waals surface area contributed by atoms with Crippen molar-refractivity contribution in [3.05, 3.63) is 54.7 Å². The molecule has 0 fully saturated rings. The number of rotatable bonds is 22. The first-order chi connectivity index (χ1) is 19.6. The van der Waals surface area contributed by atoms with E-state index in [-0.39, 0.29) is 0 Å². The minimum absolute atomic E-state index is 1.25. The molecule has 3 rings (SSSR count). The summed E-state index contributed by atoms with van der Waals surface area (Å²) in [5.74, 6) is 0. The number of aryl methyl sites for hydroxylation is 2. The van der Waals surface area contributed by atoms with Crippen LogP contribution in [0, 0.1) is 7.14 Å². The van der Waals surface area contributed by atoms with Gasteiger partial charge in [0.1, 0.15) is 0 Å². The van der Waals surface area contributed by atoms with E-state index in [2.05, 4.69) is 95.4 Å². The van der Waals surface area contributed by atoms with Gasteiger partial charge in [-0.3, -0.25) is 0 Å². The molecule has 0 aliphatic heterocycles. The van der Waals surface area contributed by atoms with Crippen LogP contribution < -0.4 is 0 Å². The van der Waals surface area contributed by atoms with Gasteiger partial charge in [0.05, 0.1) is 0 Å². The maximum Gasteiger partial charge on any atom is 0.0270 e. The average Bonchev–Trinajstić information content (AvgIpc) is 2.95. The van der Waals surface area contributed by atoms with Gasteiger partial charge in [-0.2, -0.15) is 0 Å². The Morgan fingerprint density at radius 3 is 0.950 bits per heavy atom. The van der Waals surface area contributed by atoms with E-state index in [0.717, 1.165) is 0 Å². The molecule has 0 bridgehead atoms. The number of benzene rings is 3. The van der Waals surface area contributed by atoms with Gasteiger partial charge in [0, 0.05) is 7.14 Å². The van der Waals surface area contributed by atoms with Crippen molar-refractivity contribution in [2.45, 2.75) is 155 Å². The molecule has 0 aliphatic rings. The topological polar surface area (TPSA) is 0 Å². The van der Waals surface area contributed by atoms with E-state index in [1.165, 1.54) is 170 Å². The summed E-state index contributed by atoms with van der Waals surface area (Å²) in [4.78, 5) is 0. The predicted molar refractivity (Wildman–Crippen MR) is 198 cm³/mol. The molecule has 2 heteroatoms. The summed E-state index contributed by atoms with van der Waals surface area (Å²) in [6, 6.07) is 14.7. The van der Waals surface area contributed by atoms with E-state index in [1.807, 2.05) is 0 Å². The van der Waals surface area contributed by atoms with Crippen LogP contribution in [0.15, 0.2) is 36.4 Å². The molecule has 0 heterocycles. The second-order valence-corrected chi connectivity index (χ2v) is 14.6. The minimum Gasteiger partial charge on any atom is -0.0654 e. The summed E-state index contributed by atoms with van der Waals surface area (Å²) in [6.07, 6.45) is 30.7. The first kappa shape index (κ1) is 34.1. The highest BCUT2D eigenvalue weighted by molar-refractivity contribution is 14.1. The lowest BCUT2D eigenvalue weighted by atomic mass is 9.92. The van der Waals surface area contributed by atoms with Crippen molar-refractivity contribution in [2.24, 2.45) is 0 Å². The molecule has 0 aromatic heterocycles. The summed E-state index contributed by atoms with van der Waals surface area (Å²) in [6.45, 7) is 4.61. The van der Waals surface area contributed by atoms with Crippen LogP contribution >= 0.6 is 45.2 Å². The summed E-state index contributed by atoms with van der Waals surface area (Å²) in [5.41, 5.74) is 3.25. The van der Waals surface area contributed by atoms with Gasteiger partial charge in [-0.15, -0.1) is 0 Å². The number of halogens is 2. The van der Waals surface area contributed by atoms with E-state index in [9.17, 15) is 0 Å². The zero-order valence-electron chi connectivity index (χ0n) is 25.8. The number of fused-ring (bicyclic) bond motifs is 2. The van der Waals surface area contributed by atoms with E-state index < -0.39 is 0 Å². The molecule has 3 aromatic rings. The SMILES string of the molecule is CCCCCCCCCCCCc1cc2cc3cc(I)c(I)cc3cc2cc1CCCCCCCCCCCC. The molecule has 0 saturated carbocycles. The first-order valence-electron chi connectivity index (χ1n) is 17.0. The van der Waals surface area contributed by atoms with Crippen molar-refractivity contribution < 1.29 is 0 Å². The van der Waals surface area contributed by atoms with Crippen LogP contribution in [0.25, 0.3) is 21.5 Å². The van der Waals surface area contributed by atoms with Crippen LogP contribution in [0.4, 0.5) is 0 Å². The van der Waals surface area contributed by atoms with E-state index in [1.54, 1.807) is 11.1 Å². The molecule has 0 radical (unpaired) electrons. The van der Waals surface area contributed by atoms with Crippen molar-refractivity contribution in [3.8, 4) is 0 Å². The van der Waals surface area contributed by atoms with Crippen molar-refractivity contribution in [1.82, 2.24) is 0 Å². The summed E-state index contributed by atoms with van der Waals surface area (Å²) in [5, 5.41) is 5.62. The first-order valence-corrected chi connectivity index (χ1v) is 19.1. The van der Waals surface area contributed by atoms with Gasteiger partial charge in [-0.05, 0) is 128 Å². The summed E-state index contributed by atoms with van der Waals surface area (Å²) >= 11 is 4.95. The standard InChI is InChI=1S/C38H56I2/c1-3-5-7-9-11-13-15-17-19-21-23-31-25-33-27-35-29-37(39)38(40)30-36(35)28-34(33)26-32(31)24-22-20-18-16-14-12-10-8-6-4-2/h25-30H,3-24H2,1-2H3. The molecule has 0 aliphatic carbocycles. The Balaban J connectivity index is 1.55. The van der Waals surface area contributed by atoms with E-state index in [0.29, 0.717) is 0 Å². The number of hydrogen-bond acceptors (Lipinski definition) is 0. The van der Waals surface area contributed by atoms with Gasteiger partial charge in [-0.25, -0.2) is 0 Å². The molecule has 0 amide bonds. The third kappa shape index (κ3) is 12.5. The van der Waals surface area contributed by atoms with Gasteiger partial charge >= 0.3 is 0 Å². The highest BCUT2D eigenvalue weighted by Gasteiger charge is 2.09. The summed E-state index contributed by atoms with van der Waals surface area (Å²) in [7, 11) is 0. The molecule has 3 aromatic carbocycles. The Bertz CT molecular complexity index is 1030. The Kier molecular flexibility index (Phi) is 17.5. The monoisotopic (exact) mass is 766 g/mol. The highest BCUT2D eigenvalue weighted by Crippen LogP contribution is 2.30. The van der Waals surface area contributed by atoms with Gasteiger partial charge in [-0.1, -0.05) is 142 Å². The van der Waals surface area contributed by atoms with Gasteiger partial charge in [0.2, 0.25) is 0 Å². The maximum absolute atomic E-state index is 2.55. The predicted octanol–water partition coefficient (Wildman–Crippen LogP) is 14.1. The Labute approximate surface area is 274 Å². The van der Waals surface area contributed by atoms with Crippen LogP contribution in [0.5, 0.6) is 0 Å². The minimum atomic E-state index is 1.25. The molecule has 0 nitrogen and oxygen atoms in total. The fraction of sp³-hybridized carbons (Fsp3) is 0.632. The number of unbranched alkanes of at least 4 members (excludes halogenated alkanes) is 18.